The fraction of sp³-hybridized carbons (Fsp3) is 0.400. The lowest BCUT2D eigenvalue weighted by Gasteiger charge is -2.24. The van der Waals surface area contributed by atoms with E-state index in [1.54, 1.807) is 0 Å². The molecule has 13 heteroatoms. The van der Waals surface area contributed by atoms with E-state index < -0.39 is 44.0 Å². The minimum atomic E-state index is -3.97. The predicted molar refractivity (Wildman–Crippen MR) is 102 cm³/mol. The van der Waals surface area contributed by atoms with E-state index in [4.69, 9.17) is 23.2 Å². The van der Waals surface area contributed by atoms with E-state index in [1.165, 1.54) is 4.90 Å². The van der Waals surface area contributed by atoms with Crippen LogP contribution in [0, 0.1) is 21.7 Å². The summed E-state index contributed by atoms with van der Waals surface area (Å²) < 4.78 is 54.4. The second kappa shape index (κ2) is 9.48. The molecule has 0 aliphatic rings. The van der Waals surface area contributed by atoms with Crippen LogP contribution in [0.25, 0.3) is 0 Å². The van der Waals surface area contributed by atoms with E-state index in [9.17, 15) is 27.3 Å². The summed E-state index contributed by atoms with van der Waals surface area (Å²) in [5.41, 5.74) is -0.467. The molecule has 8 nitrogen and oxygen atoms in total. The Morgan fingerprint density at radius 3 is 2.25 bits per heavy atom. The number of hydrogen-bond donors (Lipinski definition) is 0. The van der Waals surface area contributed by atoms with Gasteiger partial charge in [0.25, 0.3) is 0 Å². The zero-order valence-electron chi connectivity index (χ0n) is 14.4. The van der Waals surface area contributed by atoms with Gasteiger partial charge in [0.1, 0.15) is 29.7 Å². The van der Waals surface area contributed by atoms with Gasteiger partial charge in [-0.3, -0.25) is 0 Å². The number of benzene rings is 1. The summed E-state index contributed by atoms with van der Waals surface area (Å²) in [7, 11) is -3.97. The van der Waals surface area contributed by atoms with Crippen molar-refractivity contribution in [2.75, 3.05) is 29.7 Å². The minimum Gasteiger partial charge on any atom is -0.390 e. The highest BCUT2D eigenvalue weighted by Gasteiger charge is 2.24. The maximum absolute atomic E-state index is 14.5. The molecular weight excluding hydrogens is 441 g/mol. The van der Waals surface area contributed by atoms with Gasteiger partial charge in [0.2, 0.25) is 0 Å². The lowest BCUT2D eigenvalue weighted by molar-refractivity contribution is -0.396. The van der Waals surface area contributed by atoms with Crippen molar-refractivity contribution >= 4 is 44.7 Å². The quantitative estimate of drug-likeness (QED) is 0.309. The Balaban J connectivity index is 2.26. The van der Waals surface area contributed by atoms with Crippen molar-refractivity contribution in [3.63, 3.8) is 0 Å². The van der Waals surface area contributed by atoms with Gasteiger partial charge in [-0.2, -0.15) is 0 Å². The Bertz CT molecular complexity index is 926. The minimum absolute atomic E-state index is 0.121. The molecular formula is C15H16Cl2F2N4O4S. The molecule has 154 valence electrons. The van der Waals surface area contributed by atoms with Crippen LogP contribution in [0.15, 0.2) is 24.5 Å². The summed E-state index contributed by atoms with van der Waals surface area (Å²) in [5, 5.41) is 10.8. The van der Waals surface area contributed by atoms with E-state index >= 15 is 0 Å². The van der Waals surface area contributed by atoms with Crippen LogP contribution in [-0.4, -0.2) is 47.7 Å². The van der Waals surface area contributed by atoms with E-state index in [-0.39, 0.29) is 36.1 Å². The second-order valence-electron chi connectivity index (χ2n) is 5.74. The predicted octanol–water partition coefficient (Wildman–Crippen LogP) is 2.93. The molecule has 0 saturated heterocycles. The molecule has 0 radical (unpaired) electrons. The number of halogens is 4. The number of nitrogens with zero attached hydrogens (tertiary/aromatic N) is 4. The van der Waals surface area contributed by atoms with Crippen molar-refractivity contribution in [3.05, 3.63) is 51.8 Å². The van der Waals surface area contributed by atoms with Crippen molar-refractivity contribution in [1.82, 2.24) is 9.55 Å². The second-order valence-corrected chi connectivity index (χ2v) is 8.53. The summed E-state index contributed by atoms with van der Waals surface area (Å²) in [6.45, 7) is 0.314. The van der Waals surface area contributed by atoms with Crippen LogP contribution < -0.4 is 4.90 Å². The first-order chi connectivity index (χ1) is 13.2. The summed E-state index contributed by atoms with van der Waals surface area (Å²) in [5.74, 6) is -3.76. The fourth-order valence-electron chi connectivity index (χ4n) is 2.63. The highest BCUT2D eigenvalue weighted by molar-refractivity contribution is 7.89. The van der Waals surface area contributed by atoms with E-state index in [0.29, 0.717) is 0 Å². The third kappa shape index (κ3) is 5.52. The molecule has 0 aliphatic carbocycles. The standard InChI is InChI=1S/C15H16Cl2F2N4O4S/c16-1-4-21(5-2-17)14-12(18)7-11(8-13(14)19)9-28(26,27)10-22-6-3-20-15(22)23(24)25/h3,6-8H,1-2,4-5,9-10H2. The van der Waals surface area contributed by atoms with Crippen molar-refractivity contribution in [2.45, 2.75) is 11.6 Å². The Labute approximate surface area is 169 Å². The van der Waals surface area contributed by atoms with Crippen LogP contribution in [0.2, 0.25) is 0 Å². The zero-order valence-corrected chi connectivity index (χ0v) is 16.7. The molecule has 0 amide bonds. The largest absolute Gasteiger partial charge is 0.435 e. The molecule has 0 atom stereocenters. The first-order valence-corrected chi connectivity index (χ1v) is 10.8. The Morgan fingerprint density at radius 2 is 1.75 bits per heavy atom. The topological polar surface area (TPSA) is 98.3 Å². The summed E-state index contributed by atoms with van der Waals surface area (Å²) in [4.78, 5) is 14.8. The van der Waals surface area contributed by atoms with E-state index in [0.717, 1.165) is 29.1 Å². The first kappa shape index (κ1) is 22.3. The summed E-state index contributed by atoms with van der Waals surface area (Å²) in [6, 6.07) is 1.82. The van der Waals surface area contributed by atoms with Gasteiger partial charge in [-0.05, 0) is 22.6 Å². The molecule has 1 heterocycles. The Hall–Kier alpha value is -1.98. The van der Waals surface area contributed by atoms with Gasteiger partial charge in [0, 0.05) is 24.8 Å². The van der Waals surface area contributed by atoms with Gasteiger partial charge in [0.15, 0.2) is 15.7 Å². The SMILES string of the molecule is O=[N+]([O-])c1nccn1CS(=O)(=O)Cc1cc(F)c(N(CCCl)CCCl)c(F)c1. The van der Waals surface area contributed by atoms with Crippen molar-refractivity contribution in [2.24, 2.45) is 0 Å². The Morgan fingerprint density at radius 1 is 1.18 bits per heavy atom. The lowest BCUT2D eigenvalue weighted by atomic mass is 10.2. The number of nitro groups is 1. The normalized spacial score (nSPS) is 11.6. The van der Waals surface area contributed by atoms with Crippen molar-refractivity contribution in [1.29, 1.82) is 0 Å². The highest BCUT2D eigenvalue weighted by Crippen LogP contribution is 2.26. The van der Waals surface area contributed by atoms with Gasteiger partial charge in [0.05, 0.1) is 5.75 Å². The molecule has 2 aromatic rings. The zero-order chi connectivity index (χ0) is 20.9. The van der Waals surface area contributed by atoms with E-state index in [1.807, 2.05) is 0 Å². The molecule has 0 fully saturated rings. The number of imidazole rings is 1. The molecule has 0 N–H and O–H groups in total. The molecule has 2 rings (SSSR count). The number of sulfone groups is 1. The third-order valence-electron chi connectivity index (χ3n) is 3.68. The summed E-state index contributed by atoms with van der Waals surface area (Å²) in [6.07, 6.45) is 2.22. The number of hydrogen-bond acceptors (Lipinski definition) is 6. The average Bonchev–Trinajstić information content (AvgIpc) is 3.01. The molecule has 0 aliphatic heterocycles. The first-order valence-electron chi connectivity index (χ1n) is 7.89. The van der Waals surface area contributed by atoms with Gasteiger partial charge < -0.3 is 15.0 Å². The van der Waals surface area contributed by atoms with Crippen LogP contribution in [0.4, 0.5) is 20.4 Å². The summed E-state index contributed by atoms with van der Waals surface area (Å²) >= 11 is 11.3. The third-order valence-corrected chi connectivity index (χ3v) is 5.46. The number of aromatic nitrogens is 2. The maximum Gasteiger partial charge on any atom is 0.435 e. The molecule has 1 aromatic heterocycles. The smallest absolute Gasteiger partial charge is 0.390 e. The number of alkyl halides is 2. The average molecular weight is 457 g/mol. The number of anilines is 1. The van der Waals surface area contributed by atoms with Crippen LogP contribution in [0.1, 0.15) is 5.56 Å². The number of rotatable bonds is 10. The van der Waals surface area contributed by atoms with Gasteiger partial charge in [-0.1, -0.05) is 4.98 Å². The van der Waals surface area contributed by atoms with Crippen molar-refractivity contribution < 1.29 is 22.1 Å². The molecule has 0 saturated carbocycles. The molecule has 0 unspecified atom stereocenters. The molecule has 0 spiro atoms. The van der Waals surface area contributed by atoms with Crippen LogP contribution in [0.3, 0.4) is 0 Å². The molecule has 0 bridgehead atoms. The molecule has 1 aromatic carbocycles. The Kier molecular flexibility index (Phi) is 7.55. The highest BCUT2D eigenvalue weighted by atomic mass is 35.5. The van der Waals surface area contributed by atoms with Crippen LogP contribution in [0.5, 0.6) is 0 Å². The van der Waals surface area contributed by atoms with Gasteiger partial charge in [-0.25, -0.2) is 21.8 Å². The van der Waals surface area contributed by atoms with E-state index in [2.05, 4.69) is 4.98 Å². The lowest BCUT2D eigenvalue weighted by Crippen LogP contribution is -2.29. The van der Waals surface area contributed by atoms with Gasteiger partial charge in [-0.15, -0.1) is 23.2 Å². The fourth-order valence-corrected chi connectivity index (χ4v) is 4.43. The maximum atomic E-state index is 14.5. The monoisotopic (exact) mass is 456 g/mol. The van der Waals surface area contributed by atoms with Gasteiger partial charge >= 0.3 is 5.95 Å². The van der Waals surface area contributed by atoms with Crippen molar-refractivity contribution in [3.8, 4) is 0 Å². The van der Waals surface area contributed by atoms with Crippen LogP contribution in [-0.2, 0) is 21.5 Å². The van der Waals surface area contributed by atoms with Crippen LogP contribution >= 0.6 is 23.2 Å². The molecule has 28 heavy (non-hydrogen) atoms.